The third-order valence-corrected chi connectivity index (χ3v) is 4.23. The summed E-state index contributed by atoms with van der Waals surface area (Å²) >= 11 is 5.18. The lowest BCUT2D eigenvalue weighted by Crippen LogP contribution is -2.28. The number of benzene rings is 1. The summed E-state index contributed by atoms with van der Waals surface area (Å²) < 4.78 is 20.8. The van der Waals surface area contributed by atoms with Crippen molar-refractivity contribution in [3.63, 3.8) is 0 Å². The number of H-pyrrole nitrogens is 1. The van der Waals surface area contributed by atoms with Crippen molar-refractivity contribution < 1.29 is 13.9 Å². The number of aryl methyl sites for hydroxylation is 1. The van der Waals surface area contributed by atoms with E-state index in [4.69, 9.17) is 17.0 Å². The molecule has 0 radical (unpaired) electrons. The number of amides is 1. The summed E-state index contributed by atoms with van der Waals surface area (Å²) in [5, 5.41) is 9.70. The lowest BCUT2D eigenvalue weighted by molar-refractivity contribution is -0.121. The number of carbonyl (C=O) groups excluding carboxylic acids is 1. The van der Waals surface area contributed by atoms with Gasteiger partial charge in [0.1, 0.15) is 23.9 Å². The minimum absolute atomic E-state index is 0.110. The molecular weight excluding hydrogens is 381 g/mol. The van der Waals surface area contributed by atoms with Gasteiger partial charge in [0.15, 0.2) is 4.77 Å². The number of rotatable bonds is 8. The molecule has 0 atom stereocenters. The third-order valence-electron chi connectivity index (χ3n) is 3.92. The highest BCUT2D eigenvalue weighted by atomic mass is 32.1. The van der Waals surface area contributed by atoms with Crippen LogP contribution in [0.15, 0.2) is 42.6 Å². The van der Waals surface area contributed by atoms with Gasteiger partial charge < -0.3 is 10.1 Å². The highest BCUT2D eigenvalue weighted by molar-refractivity contribution is 7.71. The van der Waals surface area contributed by atoms with Gasteiger partial charge in [0, 0.05) is 31.3 Å². The molecule has 28 heavy (non-hydrogen) atoms. The van der Waals surface area contributed by atoms with Gasteiger partial charge in [-0.1, -0.05) is 19.1 Å². The SMILES string of the molecule is CCCc1n[nH]c(=S)n1CC(=O)NCc1ccc(Oc2cccc(F)c2)nc1. The van der Waals surface area contributed by atoms with Gasteiger partial charge in [-0.3, -0.25) is 14.5 Å². The number of pyridine rings is 1. The Morgan fingerprint density at radius 2 is 2.21 bits per heavy atom. The summed E-state index contributed by atoms with van der Waals surface area (Å²) in [6, 6.07) is 9.28. The molecule has 0 unspecified atom stereocenters. The van der Waals surface area contributed by atoms with Crippen LogP contribution in [0.2, 0.25) is 0 Å². The highest BCUT2D eigenvalue weighted by Gasteiger charge is 2.10. The molecule has 0 aliphatic heterocycles. The second-order valence-corrected chi connectivity index (χ2v) is 6.51. The van der Waals surface area contributed by atoms with Gasteiger partial charge in [-0.25, -0.2) is 9.37 Å². The van der Waals surface area contributed by atoms with Crippen molar-refractivity contribution in [1.29, 1.82) is 0 Å². The number of hydrogen-bond donors (Lipinski definition) is 2. The van der Waals surface area contributed by atoms with Crippen LogP contribution in [0.3, 0.4) is 0 Å². The van der Waals surface area contributed by atoms with Crippen molar-refractivity contribution in [2.45, 2.75) is 32.9 Å². The number of halogens is 1. The van der Waals surface area contributed by atoms with Crippen molar-refractivity contribution in [1.82, 2.24) is 25.1 Å². The van der Waals surface area contributed by atoms with E-state index in [1.165, 1.54) is 12.1 Å². The first-order valence-corrected chi connectivity index (χ1v) is 9.25. The Hall–Kier alpha value is -3.07. The number of aromatic amines is 1. The standard InChI is InChI=1S/C19H20FN5O2S/c1-2-4-16-23-24-19(28)25(16)12-17(26)21-10-13-7-8-18(22-11-13)27-15-6-3-5-14(20)9-15/h3,5-9,11H,2,4,10,12H2,1H3,(H,21,26)(H,24,28). The van der Waals surface area contributed by atoms with Crippen LogP contribution in [0, 0.1) is 10.6 Å². The van der Waals surface area contributed by atoms with E-state index in [0.717, 1.165) is 24.2 Å². The summed E-state index contributed by atoms with van der Waals surface area (Å²) in [5.74, 6) is 0.928. The molecule has 1 amide bonds. The number of ether oxygens (including phenoxy) is 1. The van der Waals surface area contributed by atoms with E-state index in [-0.39, 0.29) is 18.3 Å². The molecule has 0 bridgehead atoms. The molecular formula is C19H20FN5O2S. The van der Waals surface area contributed by atoms with E-state index in [9.17, 15) is 9.18 Å². The Morgan fingerprint density at radius 3 is 2.93 bits per heavy atom. The third kappa shape index (κ3) is 5.23. The summed E-state index contributed by atoms with van der Waals surface area (Å²) in [6.07, 6.45) is 3.26. The predicted molar refractivity (Wildman–Crippen MR) is 104 cm³/mol. The van der Waals surface area contributed by atoms with Gasteiger partial charge in [-0.05, 0) is 36.3 Å². The minimum Gasteiger partial charge on any atom is -0.439 e. The van der Waals surface area contributed by atoms with Crippen LogP contribution in [-0.2, 0) is 24.3 Å². The lowest BCUT2D eigenvalue weighted by Gasteiger charge is -2.09. The number of carbonyl (C=O) groups is 1. The fourth-order valence-corrected chi connectivity index (χ4v) is 2.77. The molecule has 7 nitrogen and oxygen atoms in total. The Kier molecular flexibility index (Phi) is 6.49. The maximum Gasteiger partial charge on any atom is 0.240 e. The first kappa shape index (κ1) is 19.7. The number of nitrogens with one attached hydrogen (secondary N) is 2. The highest BCUT2D eigenvalue weighted by Crippen LogP contribution is 2.20. The Labute approximate surface area is 166 Å². The molecule has 1 aromatic carbocycles. The monoisotopic (exact) mass is 401 g/mol. The van der Waals surface area contributed by atoms with Crippen molar-refractivity contribution in [2.75, 3.05) is 0 Å². The number of hydrogen-bond acceptors (Lipinski definition) is 5. The van der Waals surface area contributed by atoms with Crippen molar-refractivity contribution >= 4 is 18.1 Å². The number of nitrogens with zero attached hydrogens (tertiary/aromatic N) is 3. The van der Waals surface area contributed by atoms with Crippen molar-refractivity contribution in [2.24, 2.45) is 0 Å². The van der Waals surface area contributed by atoms with Gasteiger partial charge in [0.05, 0.1) is 0 Å². The van der Waals surface area contributed by atoms with Gasteiger partial charge in [0.2, 0.25) is 11.8 Å². The summed E-state index contributed by atoms with van der Waals surface area (Å²) in [6.45, 7) is 2.47. The minimum atomic E-state index is -0.378. The normalized spacial score (nSPS) is 10.6. The summed E-state index contributed by atoms with van der Waals surface area (Å²) in [5.41, 5.74) is 0.810. The lowest BCUT2D eigenvalue weighted by atomic mass is 10.3. The second-order valence-electron chi connectivity index (χ2n) is 6.12. The van der Waals surface area contributed by atoms with Crippen LogP contribution in [0.1, 0.15) is 24.7 Å². The molecule has 9 heteroatoms. The van der Waals surface area contributed by atoms with Gasteiger partial charge in [-0.2, -0.15) is 5.10 Å². The average molecular weight is 401 g/mol. The molecule has 0 aliphatic rings. The molecule has 146 valence electrons. The predicted octanol–water partition coefficient (Wildman–Crippen LogP) is 3.54. The van der Waals surface area contributed by atoms with E-state index in [0.29, 0.717) is 22.9 Å². The average Bonchev–Trinajstić information content (AvgIpc) is 3.01. The molecule has 2 N–H and O–H groups in total. The molecule has 2 aromatic heterocycles. The van der Waals surface area contributed by atoms with Crippen molar-refractivity contribution in [3.05, 3.63) is 64.6 Å². The van der Waals surface area contributed by atoms with Crippen LogP contribution >= 0.6 is 12.2 Å². The van der Waals surface area contributed by atoms with Gasteiger partial charge >= 0.3 is 0 Å². The molecule has 3 rings (SSSR count). The Bertz CT molecular complexity index is 1000. The van der Waals surface area contributed by atoms with Crippen LogP contribution < -0.4 is 10.1 Å². The van der Waals surface area contributed by atoms with Crippen LogP contribution in [-0.4, -0.2) is 25.7 Å². The largest absolute Gasteiger partial charge is 0.439 e. The van der Waals surface area contributed by atoms with Gasteiger partial charge in [0.25, 0.3) is 0 Å². The quantitative estimate of drug-likeness (QED) is 0.564. The fourth-order valence-electron chi connectivity index (χ4n) is 2.56. The molecule has 0 aliphatic carbocycles. The van der Waals surface area contributed by atoms with Crippen LogP contribution in [0.5, 0.6) is 11.6 Å². The zero-order valence-corrected chi connectivity index (χ0v) is 16.1. The molecule has 0 spiro atoms. The molecule has 0 fully saturated rings. The zero-order chi connectivity index (χ0) is 19.9. The van der Waals surface area contributed by atoms with Crippen molar-refractivity contribution in [3.8, 4) is 11.6 Å². The summed E-state index contributed by atoms with van der Waals surface area (Å²) in [4.78, 5) is 16.4. The van der Waals surface area contributed by atoms with Gasteiger partial charge in [-0.15, -0.1) is 0 Å². The molecule has 3 aromatic rings. The fraction of sp³-hybridized carbons (Fsp3) is 0.263. The topological polar surface area (TPSA) is 84.8 Å². The van der Waals surface area contributed by atoms with Crippen LogP contribution in [0.25, 0.3) is 0 Å². The Morgan fingerprint density at radius 1 is 1.36 bits per heavy atom. The van der Waals surface area contributed by atoms with Crippen LogP contribution in [0.4, 0.5) is 4.39 Å². The maximum atomic E-state index is 13.2. The van der Waals surface area contributed by atoms with E-state index >= 15 is 0 Å². The maximum absolute atomic E-state index is 13.2. The van der Waals surface area contributed by atoms with E-state index < -0.39 is 0 Å². The zero-order valence-electron chi connectivity index (χ0n) is 15.3. The number of aromatic nitrogens is 4. The molecule has 2 heterocycles. The smallest absolute Gasteiger partial charge is 0.240 e. The van der Waals surface area contributed by atoms with E-state index in [2.05, 4.69) is 20.5 Å². The van der Waals surface area contributed by atoms with E-state index in [1.807, 2.05) is 6.92 Å². The van der Waals surface area contributed by atoms with E-state index in [1.54, 1.807) is 35.0 Å². The Balaban J connectivity index is 1.54. The summed E-state index contributed by atoms with van der Waals surface area (Å²) in [7, 11) is 0. The first-order valence-electron chi connectivity index (χ1n) is 8.84. The molecule has 0 saturated heterocycles. The second kappa shape index (κ2) is 9.23. The molecule has 0 saturated carbocycles. The first-order chi connectivity index (χ1) is 13.5.